The fraction of sp³-hybridized carbons (Fsp3) is 0.667. The van der Waals surface area contributed by atoms with E-state index in [9.17, 15) is 34.4 Å². The van der Waals surface area contributed by atoms with Gasteiger partial charge in [-0.25, -0.2) is 4.79 Å². The Hall–Kier alpha value is -3.74. The van der Waals surface area contributed by atoms with Crippen LogP contribution in [0.4, 0.5) is 10.5 Å². The predicted molar refractivity (Wildman–Crippen MR) is 156 cm³/mol. The molecule has 1 saturated heterocycles. The van der Waals surface area contributed by atoms with Crippen molar-refractivity contribution in [2.45, 2.75) is 84.5 Å². The van der Waals surface area contributed by atoms with E-state index < -0.39 is 58.4 Å². The van der Waals surface area contributed by atoms with Gasteiger partial charge in [-0.15, -0.1) is 0 Å². The minimum Gasteiger partial charge on any atom is -0.410 e. The van der Waals surface area contributed by atoms with Gasteiger partial charge in [-0.05, 0) is 47.1 Å². The molecule has 0 spiro atoms. The number of aliphatic hydroxyl groups is 1. The lowest BCUT2D eigenvalue weighted by Gasteiger charge is -2.38. The Balaban J connectivity index is 1.52. The van der Waals surface area contributed by atoms with Crippen LogP contribution in [0.2, 0.25) is 0 Å². The number of hydrogen-bond donors (Lipinski definition) is 4. The number of benzene rings is 1. The number of nitro benzene ring substituents is 1. The Morgan fingerprint density at radius 1 is 1.14 bits per heavy atom. The minimum atomic E-state index is -1.43. The number of nitrogens with one attached hydrogen (secondary N) is 3. The molecule has 0 aromatic heterocycles. The molecule has 1 heterocycles. The van der Waals surface area contributed by atoms with Crippen molar-refractivity contribution >= 4 is 29.5 Å². The number of ether oxygens (including phenoxy) is 1. The van der Waals surface area contributed by atoms with Crippen molar-refractivity contribution < 1.29 is 33.9 Å². The first-order chi connectivity index (χ1) is 20.1. The van der Waals surface area contributed by atoms with Crippen molar-refractivity contribution in [2.75, 3.05) is 13.6 Å². The zero-order chi connectivity index (χ0) is 31.9. The predicted octanol–water partition coefficient (Wildman–Crippen LogP) is 2.36. The number of likely N-dealkylation sites (N-methyl/N-ethyl adjacent to an activating group) is 1. The van der Waals surface area contributed by atoms with Crippen LogP contribution in [-0.2, 0) is 14.4 Å². The van der Waals surface area contributed by atoms with Gasteiger partial charge in [-0.2, -0.15) is 0 Å². The molecule has 3 fully saturated rings. The number of piperidine rings is 1. The number of carbonyl (C=O) groups is 4. The van der Waals surface area contributed by atoms with E-state index in [0.717, 1.165) is 19.3 Å². The maximum absolute atomic E-state index is 14.1. The molecule has 13 heteroatoms. The van der Waals surface area contributed by atoms with Crippen LogP contribution in [0.15, 0.2) is 24.3 Å². The van der Waals surface area contributed by atoms with E-state index in [0.29, 0.717) is 18.9 Å². The fourth-order valence-corrected chi connectivity index (χ4v) is 6.47. The Morgan fingerprint density at radius 2 is 1.77 bits per heavy atom. The summed E-state index contributed by atoms with van der Waals surface area (Å²) >= 11 is 0. The second kappa shape index (κ2) is 12.1. The molecule has 6 atom stereocenters. The molecule has 4 rings (SSSR count). The lowest BCUT2D eigenvalue weighted by molar-refractivity contribution is -0.384. The molecule has 0 bridgehead atoms. The molecule has 0 radical (unpaired) electrons. The third-order valence-corrected chi connectivity index (χ3v) is 9.43. The maximum atomic E-state index is 14.1. The highest BCUT2D eigenvalue weighted by Gasteiger charge is 2.70. The fourth-order valence-electron chi connectivity index (χ4n) is 6.47. The third kappa shape index (κ3) is 6.76. The Labute approximate surface area is 251 Å². The van der Waals surface area contributed by atoms with Crippen LogP contribution in [0.5, 0.6) is 5.75 Å². The number of carbonyl (C=O) groups excluding carboxylic acids is 4. The first-order valence-electron chi connectivity index (χ1n) is 14.8. The highest BCUT2D eigenvalue weighted by Crippen LogP contribution is 2.65. The lowest BCUT2D eigenvalue weighted by atomic mass is 9.79. The van der Waals surface area contributed by atoms with Gasteiger partial charge in [0.15, 0.2) is 6.10 Å². The molecule has 3 aliphatic rings. The number of hydrogen-bond acceptors (Lipinski definition) is 8. The SMILES string of the molecule is CNC(=O)C(O)C(CC1CCC1)NC(=O)[C@@H]1[C@@H]2[C@H](CN1C(=O)[C@@H](NC(=O)Oc1ccc([N+](=O)[O-])cc1)C(C)(C)C)C2(C)C. The molecule has 2 aliphatic carbocycles. The summed E-state index contributed by atoms with van der Waals surface area (Å²) in [6.45, 7) is 9.78. The van der Waals surface area contributed by atoms with Crippen LogP contribution < -0.4 is 20.7 Å². The summed E-state index contributed by atoms with van der Waals surface area (Å²) < 4.78 is 5.30. The Kier molecular flexibility index (Phi) is 9.05. The topological polar surface area (TPSA) is 180 Å². The standard InChI is InChI=1S/C30H43N5O8/c1-29(2,3)24(33-28(40)43-18-12-10-17(11-13-18)35(41)42)27(39)34-15-19-21(30(19,4)5)22(34)25(37)32-20(14-16-8-7-9-16)23(36)26(38)31-6/h10-13,16,19-24,36H,7-9,14-15H2,1-6H3,(H,31,38)(H,32,37)(H,33,40)/t19-,20?,21-,22-,23?,24+/m0/s1. The molecule has 4 amide bonds. The van der Waals surface area contributed by atoms with Gasteiger partial charge in [0.05, 0.1) is 11.0 Å². The highest BCUT2D eigenvalue weighted by atomic mass is 16.6. The largest absolute Gasteiger partial charge is 0.413 e. The molecule has 1 aliphatic heterocycles. The number of non-ortho nitro benzene ring substituents is 1. The van der Waals surface area contributed by atoms with Crippen LogP contribution in [0.25, 0.3) is 0 Å². The van der Waals surface area contributed by atoms with Crippen molar-refractivity contribution in [1.82, 2.24) is 20.9 Å². The molecule has 43 heavy (non-hydrogen) atoms. The second-order valence-corrected chi connectivity index (χ2v) is 13.7. The van der Waals surface area contributed by atoms with Gasteiger partial charge in [0, 0.05) is 25.7 Å². The second-order valence-electron chi connectivity index (χ2n) is 13.7. The lowest BCUT2D eigenvalue weighted by Crippen LogP contribution is -2.61. The average Bonchev–Trinajstić information content (AvgIpc) is 3.22. The van der Waals surface area contributed by atoms with Crippen molar-refractivity contribution in [3.05, 3.63) is 34.4 Å². The summed E-state index contributed by atoms with van der Waals surface area (Å²) in [4.78, 5) is 65.0. The first kappa shape index (κ1) is 32.2. The smallest absolute Gasteiger partial charge is 0.410 e. The number of rotatable bonds is 10. The summed E-state index contributed by atoms with van der Waals surface area (Å²) in [5.41, 5.74) is -1.11. The summed E-state index contributed by atoms with van der Waals surface area (Å²) in [5, 5.41) is 29.7. The van der Waals surface area contributed by atoms with Gasteiger partial charge in [0.1, 0.15) is 17.8 Å². The Bertz CT molecular complexity index is 1260. The van der Waals surface area contributed by atoms with Crippen molar-refractivity contribution in [1.29, 1.82) is 0 Å². The zero-order valence-corrected chi connectivity index (χ0v) is 25.6. The van der Waals surface area contributed by atoms with E-state index >= 15 is 0 Å². The van der Waals surface area contributed by atoms with E-state index in [1.165, 1.54) is 36.2 Å². The van der Waals surface area contributed by atoms with E-state index in [2.05, 4.69) is 29.8 Å². The van der Waals surface area contributed by atoms with Crippen LogP contribution in [0.1, 0.15) is 60.3 Å². The molecule has 13 nitrogen and oxygen atoms in total. The number of fused-ring (bicyclic) bond motifs is 1. The highest BCUT2D eigenvalue weighted by molar-refractivity contribution is 5.94. The van der Waals surface area contributed by atoms with Gasteiger partial charge >= 0.3 is 6.09 Å². The van der Waals surface area contributed by atoms with Crippen LogP contribution in [0, 0.1) is 38.7 Å². The molecule has 4 N–H and O–H groups in total. The van der Waals surface area contributed by atoms with Gasteiger partial charge < -0.3 is 30.7 Å². The number of aliphatic hydroxyl groups excluding tert-OH is 1. The normalized spacial score (nSPS) is 24.4. The summed E-state index contributed by atoms with van der Waals surface area (Å²) in [6, 6.07) is 2.28. The van der Waals surface area contributed by atoms with Crippen LogP contribution in [-0.4, -0.2) is 76.6 Å². The number of likely N-dealkylation sites (tertiary alicyclic amines) is 1. The van der Waals surface area contributed by atoms with Gasteiger partial charge in [0.25, 0.3) is 11.6 Å². The van der Waals surface area contributed by atoms with Crippen molar-refractivity contribution in [2.24, 2.45) is 28.6 Å². The molecular formula is C30H43N5O8. The van der Waals surface area contributed by atoms with E-state index in [4.69, 9.17) is 4.74 Å². The molecule has 1 aromatic rings. The monoisotopic (exact) mass is 601 g/mol. The van der Waals surface area contributed by atoms with E-state index in [1.54, 1.807) is 20.8 Å². The number of nitrogens with zero attached hydrogens (tertiary/aromatic N) is 2. The van der Waals surface area contributed by atoms with Gasteiger partial charge in [0.2, 0.25) is 11.8 Å². The van der Waals surface area contributed by atoms with E-state index in [1.807, 2.05) is 0 Å². The van der Waals surface area contributed by atoms with E-state index in [-0.39, 0.29) is 28.7 Å². The van der Waals surface area contributed by atoms with Crippen molar-refractivity contribution in [3.63, 3.8) is 0 Å². The molecule has 1 aromatic carbocycles. The number of nitro groups is 1. The summed E-state index contributed by atoms with van der Waals surface area (Å²) in [6.07, 6.45) is 1.11. The summed E-state index contributed by atoms with van der Waals surface area (Å²) in [5.74, 6) is -1.14. The Morgan fingerprint density at radius 3 is 2.28 bits per heavy atom. The molecular weight excluding hydrogens is 558 g/mol. The zero-order valence-electron chi connectivity index (χ0n) is 25.6. The molecule has 2 unspecified atom stereocenters. The van der Waals surface area contributed by atoms with Crippen LogP contribution in [0.3, 0.4) is 0 Å². The molecule has 236 valence electrons. The quantitative estimate of drug-likeness (QED) is 0.233. The number of amides is 4. The van der Waals surface area contributed by atoms with Gasteiger partial charge in [-0.3, -0.25) is 24.5 Å². The summed E-state index contributed by atoms with van der Waals surface area (Å²) in [7, 11) is 1.43. The average molecular weight is 602 g/mol. The maximum Gasteiger partial charge on any atom is 0.413 e. The molecule has 2 saturated carbocycles. The van der Waals surface area contributed by atoms with Gasteiger partial charge in [-0.1, -0.05) is 53.9 Å². The minimum absolute atomic E-state index is 0.0665. The first-order valence-corrected chi connectivity index (χ1v) is 14.8. The van der Waals surface area contributed by atoms with Crippen molar-refractivity contribution in [3.8, 4) is 5.75 Å². The van der Waals surface area contributed by atoms with Crippen LogP contribution >= 0.6 is 0 Å². The third-order valence-electron chi connectivity index (χ3n) is 9.43.